The van der Waals surface area contributed by atoms with Crippen LogP contribution in [0.15, 0.2) is 60.0 Å². The van der Waals surface area contributed by atoms with Crippen molar-refractivity contribution in [1.29, 1.82) is 0 Å². The van der Waals surface area contributed by atoms with Crippen LogP contribution in [-0.2, 0) is 0 Å². The van der Waals surface area contributed by atoms with Crippen LogP contribution in [0.4, 0.5) is 0 Å². The molecular formula is C19H13NOS2. The summed E-state index contributed by atoms with van der Waals surface area (Å²) in [7, 11) is 0. The van der Waals surface area contributed by atoms with Gasteiger partial charge >= 0.3 is 0 Å². The fourth-order valence-corrected chi connectivity index (χ4v) is 4.15. The van der Waals surface area contributed by atoms with Gasteiger partial charge in [-0.2, -0.15) is 0 Å². The van der Waals surface area contributed by atoms with E-state index in [1.165, 1.54) is 14.6 Å². The van der Waals surface area contributed by atoms with E-state index in [4.69, 9.17) is 0 Å². The number of para-hydroxylation sites is 1. The van der Waals surface area contributed by atoms with Crippen molar-refractivity contribution < 1.29 is 5.11 Å². The van der Waals surface area contributed by atoms with Gasteiger partial charge in [-0.05, 0) is 47.9 Å². The Morgan fingerprint density at radius 2 is 1.83 bits per heavy atom. The molecule has 3 heterocycles. The first-order valence-electron chi connectivity index (χ1n) is 7.20. The van der Waals surface area contributed by atoms with Crippen molar-refractivity contribution in [2.24, 2.45) is 0 Å². The molecular weight excluding hydrogens is 322 g/mol. The Kier molecular flexibility index (Phi) is 3.69. The van der Waals surface area contributed by atoms with Gasteiger partial charge < -0.3 is 5.11 Å². The maximum atomic E-state index is 9.91. The van der Waals surface area contributed by atoms with Gasteiger partial charge in [-0.1, -0.05) is 24.3 Å². The summed E-state index contributed by atoms with van der Waals surface area (Å²) in [5, 5.41) is 12.9. The van der Waals surface area contributed by atoms with Crippen LogP contribution < -0.4 is 0 Å². The van der Waals surface area contributed by atoms with Crippen LogP contribution in [0.25, 0.3) is 32.8 Å². The first kappa shape index (κ1) is 14.2. The average molecular weight is 335 g/mol. The largest absolute Gasteiger partial charge is 0.506 e. The Balaban J connectivity index is 1.62. The van der Waals surface area contributed by atoms with Crippen LogP contribution >= 0.6 is 22.7 Å². The summed E-state index contributed by atoms with van der Waals surface area (Å²) in [5.74, 6) is 0.217. The maximum Gasteiger partial charge on any atom is 0.141 e. The average Bonchev–Trinajstić information content (AvgIpc) is 3.25. The zero-order valence-electron chi connectivity index (χ0n) is 12.1. The Bertz CT molecular complexity index is 984. The molecule has 0 aliphatic rings. The van der Waals surface area contributed by atoms with E-state index in [1.807, 2.05) is 30.3 Å². The number of nitrogens with zero attached hydrogens (tertiary/aromatic N) is 1. The second-order valence-corrected chi connectivity index (χ2v) is 7.16. The lowest BCUT2D eigenvalue weighted by Crippen LogP contribution is -1.83. The monoisotopic (exact) mass is 335 g/mol. The van der Waals surface area contributed by atoms with Crippen LogP contribution in [0.3, 0.4) is 0 Å². The van der Waals surface area contributed by atoms with E-state index < -0.39 is 0 Å². The summed E-state index contributed by atoms with van der Waals surface area (Å²) in [6, 6.07) is 17.9. The van der Waals surface area contributed by atoms with E-state index in [0.717, 1.165) is 11.1 Å². The highest BCUT2D eigenvalue weighted by molar-refractivity contribution is 7.21. The van der Waals surface area contributed by atoms with Crippen LogP contribution in [0.5, 0.6) is 5.75 Å². The van der Waals surface area contributed by atoms with Gasteiger partial charge in [0, 0.05) is 20.0 Å². The molecule has 0 aliphatic heterocycles. The predicted octanol–water partition coefficient (Wildman–Crippen LogP) is 5.90. The van der Waals surface area contributed by atoms with E-state index in [-0.39, 0.29) is 5.75 Å². The summed E-state index contributed by atoms with van der Waals surface area (Å²) in [4.78, 5) is 8.28. The van der Waals surface area contributed by atoms with Gasteiger partial charge in [0.15, 0.2) is 0 Å². The minimum atomic E-state index is 0.217. The fourth-order valence-electron chi connectivity index (χ4n) is 2.40. The number of hydrogen-bond acceptors (Lipinski definition) is 4. The number of pyridine rings is 1. The second-order valence-electron chi connectivity index (χ2n) is 5.10. The van der Waals surface area contributed by atoms with Crippen molar-refractivity contribution in [3.63, 3.8) is 0 Å². The molecule has 2 nitrogen and oxygen atoms in total. The molecule has 112 valence electrons. The number of phenolic OH excluding ortho intramolecular Hbond substituents is 1. The first-order valence-corrected chi connectivity index (χ1v) is 8.90. The molecule has 0 radical (unpaired) electrons. The number of benzene rings is 1. The van der Waals surface area contributed by atoms with Crippen molar-refractivity contribution in [2.45, 2.75) is 0 Å². The first-order chi connectivity index (χ1) is 11.3. The van der Waals surface area contributed by atoms with Crippen LogP contribution in [0.1, 0.15) is 10.6 Å². The lowest BCUT2D eigenvalue weighted by molar-refractivity contribution is 0.480. The summed E-state index contributed by atoms with van der Waals surface area (Å²) in [6.07, 6.45) is 4.05. The SMILES string of the molecule is Oc1cccc2ccc(C=Cc3ccc(-c4cccs4)s3)nc12. The highest BCUT2D eigenvalue weighted by Gasteiger charge is 2.03. The van der Waals surface area contributed by atoms with Crippen molar-refractivity contribution in [2.75, 3.05) is 0 Å². The molecule has 0 unspecified atom stereocenters. The van der Waals surface area contributed by atoms with E-state index >= 15 is 0 Å². The fraction of sp³-hybridized carbons (Fsp3) is 0. The third kappa shape index (κ3) is 2.91. The molecule has 4 aromatic rings. The molecule has 0 aliphatic carbocycles. The summed E-state index contributed by atoms with van der Waals surface area (Å²) < 4.78 is 0. The molecule has 23 heavy (non-hydrogen) atoms. The standard InChI is InChI=1S/C19H13NOS2/c21-16-4-1-3-13-6-7-14(20-19(13)16)8-9-15-10-11-18(23-15)17-5-2-12-22-17/h1-12,21H. The van der Waals surface area contributed by atoms with Gasteiger partial charge in [0.1, 0.15) is 11.3 Å². The van der Waals surface area contributed by atoms with Crippen molar-refractivity contribution in [1.82, 2.24) is 4.98 Å². The Hall–Kier alpha value is -2.43. The second kappa shape index (κ2) is 5.99. The van der Waals surface area contributed by atoms with Gasteiger partial charge in [0.05, 0.1) is 5.69 Å². The third-order valence-corrected chi connectivity index (χ3v) is 5.65. The van der Waals surface area contributed by atoms with Gasteiger partial charge in [-0.15, -0.1) is 22.7 Å². The van der Waals surface area contributed by atoms with Crippen LogP contribution in [-0.4, -0.2) is 10.1 Å². The molecule has 0 saturated heterocycles. The Labute approximate surface area is 142 Å². The third-order valence-electron chi connectivity index (χ3n) is 3.53. The Morgan fingerprint density at radius 3 is 2.70 bits per heavy atom. The van der Waals surface area contributed by atoms with E-state index in [9.17, 15) is 5.11 Å². The number of hydrogen-bond donors (Lipinski definition) is 1. The zero-order valence-corrected chi connectivity index (χ0v) is 13.8. The van der Waals surface area contributed by atoms with Crippen molar-refractivity contribution in [3.05, 3.63) is 70.5 Å². The van der Waals surface area contributed by atoms with Gasteiger partial charge in [0.2, 0.25) is 0 Å². The number of aromatic hydroxyl groups is 1. The normalized spacial score (nSPS) is 11.5. The molecule has 0 bridgehead atoms. The number of phenols is 1. The molecule has 1 aromatic carbocycles. The van der Waals surface area contributed by atoms with E-state index in [1.54, 1.807) is 28.7 Å². The number of aromatic nitrogens is 1. The summed E-state index contributed by atoms with van der Waals surface area (Å²) in [5.41, 5.74) is 1.48. The lowest BCUT2D eigenvalue weighted by Gasteiger charge is -2.00. The van der Waals surface area contributed by atoms with E-state index in [2.05, 4.69) is 40.7 Å². The molecule has 0 spiro atoms. The number of rotatable bonds is 3. The summed E-state index contributed by atoms with van der Waals surface area (Å²) in [6.45, 7) is 0. The van der Waals surface area contributed by atoms with Crippen molar-refractivity contribution in [3.8, 4) is 15.5 Å². The van der Waals surface area contributed by atoms with Crippen LogP contribution in [0.2, 0.25) is 0 Å². The smallest absolute Gasteiger partial charge is 0.141 e. The molecule has 1 N–H and O–H groups in total. The van der Waals surface area contributed by atoms with E-state index in [0.29, 0.717) is 5.52 Å². The minimum absolute atomic E-state index is 0.217. The zero-order chi connectivity index (χ0) is 15.6. The maximum absolute atomic E-state index is 9.91. The molecule has 4 rings (SSSR count). The highest BCUT2D eigenvalue weighted by Crippen LogP contribution is 2.32. The molecule has 0 amide bonds. The number of thiophene rings is 2. The Morgan fingerprint density at radius 1 is 0.870 bits per heavy atom. The topological polar surface area (TPSA) is 33.1 Å². The molecule has 0 atom stereocenters. The van der Waals surface area contributed by atoms with Crippen LogP contribution in [0, 0.1) is 0 Å². The number of fused-ring (bicyclic) bond motifs is 1. The molecule has 0 fully saturated rings. The van der Waals surface area contributed by atoms with Gasteiger partial charge in [-0.25, -0.2) is 4.98 Å². The molecule has 4 heteroatoms. The highest BCUT2D eigenvalue weighted by atomic mass is 32.1. The lowest BCUT2D eigenvalue weighted by atomic mass is 10.2. The quantitative estimate of drug-likeness (QED) is 0.505. The van der Waals surface area contributed by atoms with Gasteiger partial charge in [-0.3, -0.25) is 0 Å². The molecule has 0 saturated carbocycles. The minimum Gasteiger partial charge on any atom is -0.506 e. The summed E-state index contributed by atoms with van der Waals surface area (Å²) >= 11 is 3.52. The predicted molar refractivity (Wildman–Crippen MR) is 100.0 cm³/mol. The van der Waals surface area contributed by atoms with Gasteiger partial charge in [0.25, 0.3) is 0 Å². The molecule has 3 aromatic heterocycles. The van der Waals surface area contributed by atoms with Crippen molar-refractivity contribution >= 4 is 45.7 Å².